The molecule has 2 aliphatic heterocycles. The standard InChI is InChI=1S/C43H45F2N9O4S/c1-58-37-28-32(53-23-21-52(22-24-53)31-15-19-51(20-16-31)25-26-59(2,56)57)12-13-35(37)47-43-46-17-14-36(48-43)41-39(49-38-11-3-4-18-54(38)41)29-7-5-8-30(27-29)42(55)50-40-33(44)9-6-10-34(40)45/h3-14,17-18,27-28,31H,15-16,19-26H2,1-2H3,(H,50,55)(H,46,47,48). The van der Waals surface area contributed by atoms with Gasteiger partial charge in [-0.15, -0.1) is 0 Å². The van der Waals surface area contributed by atoms with Gasteiger partial charge in [-0.05, 0) is 80.5 Å². The normalized spacial score (nSPS) is 15.7. The van der Waals surface area contributed by atoms with Crippen molar-refractivity contribution in [2.45, 2.75) is 18.9 Å². The molecule has 306 valence electrons. The maximum Gasteiger partial charge on any atom is 0.255 e. The molecule has 0 saturated carbocycles. The molecule has 59 heavy (non-hydrogen) atoms. The van der Waals surface area contributed by atoms with E-state index < -0.39 is 33.1 Å². The molecule has 2 fully saturated rings. The summed E-state index contributed by atoms with van der Waals surface area (Å²) in [5.74, 6) is -1.23. The van der Waals surface area contributed by atoms with Crippen molar-refractivity contribution in [2.75, 3.05) is 80.5 Å². The van der Waals surface area contributed by atoms with Crippen molar-refractivity contribution in [1.29, 1.82) is 0 Å². The second-order valence-corrected chi connectivity index (χ2v) is 17.1. The van der Waals surface area contributed by atoms with Crippen LogP contribution in [0.2, 0.25) is 0 Å². The number of anilines is 4. The van der Waals surface area contributed by atoms with Crippen molar-refractivity contribution >= 4 is 44.4 Å². The van der Waals surface area contributed by atoms with Gasteiger partial charge in [-0.2, -0.15) is 0 Å². The summed E-state index contributed by atoms with van der Waals surface area (Å²) >= 11 is 0. The number of para-hydroxylation sites is 1. The Morgan fingerprint density at radius 1 is 0.881 bits per heavy atom. The first-order valence-corrected chi connectivity index (χ1v) is 21.6. The van der Waals surface area contributed by atoms with E-state index in [1.165, 1.54) is 12.3 Å². The summed E-state index contributed by atoms with van der Waals surface area (Å²) in [6.07, 6.45) is 6.93. The van der Waals surface area contributed by atoms with Crippen LogP contribution in [0.3, 0.4) is 0 Å². The fourth-order valence-corrected chi connectivity index (χ4v) is 8.44. The van der Waals surface area contributed by atoms with E-state index in [0.717, 1.165) is 69.9 Å². The molecule has 0 atom stereocenters. The van der Waals surface area contributed by atoms with E-state index in [4.69, 9.17) is 14.7 Å². The van der Waals surface area contributed by atoms with Gasteiger partial charge in [0.25, 0.3) is 5.91 Å². The molecule has 2 aliphatic rings. The Bertz CT molecular complexity index is 2570. The summed E-state index contributed by atoms with van der Waals surface area (Å²) < 4.78 is 59.6. The monoisotopic (exact) mass is 821 g/mol. The van der Waals surface area contributed by atoms with E-state index in [2.05, 4.69) is 36.4 Å². The van der Waals surface area contributed by atoms with Gasteiger partial charge in [0, 0.05) is 80.3 Å². The minimum Gasteiger partial charge on any atom is -0.494 e. The SMILES string of the molecule is COc1cc(N2CCN(C3CCN(CCS(C)(=O)=O)CC3)CC2)ccc1Nc1nccc(-c2c(-c3cccc(C(=O)Nc4c(F)cccc4F)c3)nc3ccccn23)n1. The number of ether oxygens (including phenoxy) is 1. The van der Waals surface area contributed by atoms with Crippen LogP contribution in [0.5, 0.6) is 5.75 Å². The van der Waals surface area contributed by atoms with Gasteiger partial charge in [-0.25, -0.2) is 32.2 Å². The first-order chi connectivity index (χ1) is 28.5. The van der Waals surface area contributed by atoms with E-state index >= 15 is 0 Å². The minimum absolute atomic E-state index is 0.191. The molecule has 1 amide bonds. The van der Waals surface area contributed by atoms with E-state index in [1.54, 1.807) is 37.6 Å². The fourth-order valence-electron chi connectivity index (χ4n) is 7.85. The average molecular weight is 822 g/mol. The van der Waals surface area contributed by atoms with Crippen molar-refractivity contribution < 1.29 is 26.7 Å². The van der Waals surface area contributed by atoms with Gasteiger partial charge >= 0.3 is 0 Å². The highest BCUT2D eigenvalue weighted by atomic mass is 32.2. The molecular formula is C43H45F2N9O4S. The maximum atomic E-state index is 14.3. The summed E-state index contributed by atoms with van der Waals surface area (Å²) in [5, 5.41) is 5.69. The number of carbonyl (C=O) groups is 1. The highest BCUT2D eigenvalue weighted by Gasteiger charge is 2.28. The number of piperazine rings is 1. The number of rotatable bonds is 12. The lowest BCUT2D eigenvalue weighted by atomic mass is 10.0. The van der Waals surface area contributed by atoms with Gasteiger partial charge in [0.1, 0.15) is 38.6 Å². The van der Waals surface area contributed by atoms with Crippen molar-refractivity contribution in [3.63, 3.8) is 0 Å². The van der Waals surface area contributed by atoms with E-state index in [0.29, 0.717) is 58.3 Å². The summed E-state index contributed by atoms with van der Waals surface area (Å²) in [4.78, 5) is 34.7. The summed E-state index contributed by atoms with van der Waals surface area (Å²) in [6, 6.07) is 24.1. The number of methoxy groups -OCH3 is 1. The van der Waals surface area contributed by atoms with Gasteiger partial charge in [-0.3, -0.25) is 14.1 Å². The van der Waals surface area contributed by atoms with Crippen LogP contribution in [0, 0.1) is 11.6 Å². The van der Waals surface area contributed by atoms with Crippen molar-refractivity contribution in [1.82, 2.24) is 29.2 Å². The molecule has 13 nitrogen and oxygen atoms in total. The number of hydrogen-bond donors (Lipinski definition) is 2. The van der Waals surface area contributed by atoms with Crippen LogP contribution in [-0.2, 0) is 9.84 Å². The van der Waals surface area contributed by atoms with Crippen LogP contribution in [-0.4, -0.2) is 114 Å². The molecule has 0 spiro atoms. The Morgan fingerprint density at radius 3 is 2.39 bits per heavy atom. The summed E-state index contributed by atoms with van der Waals surface area (Å²) in [7, 11) is -1.32. The molecule has 0 unspecified atom stereocenters. The number of likely N-dealkylation sites (tertiary alicyclic amines) is 1. The molecule has 0 aliphatic carbocycles. The smallest absolute Gasteiger partial charge is 0.255 e. The predicted octanol–water partition coefficient (Wildman–Crippen LogP) is 6.37. The van der Waals surface area contributed by atoms with Crippen LogP contribution in [0.15, 0.2) is 97.3 Å². The average Bonchev–Trinajstić information content (AvgIpc) is 3.64. The third-order valence-corrected chi connectivity index (χ3v) is 11.9. The van der Waals surface area contributed by atoms with Gasteiger partial charge in [0.15, 0.2) is 0 Å². The summed E-state index contributed by atoms with van der Waals surface area (Å²) in [5.41, 5.74) is 4.44. The number of nitrogens with one attached hydrogen (secondary N) is 2. The Hall–Kier alpha value is -5.97. The van der Waals surface area contributed by atoms with Crippen LogP contribution in [0.1, 0.15) is 23.2 Å². The van der Waals surface area contributed by atoms with E-state index in [-0.39, 0.29) is 11.3 Å². The molecule has 2 saturated heterocycles. The number of halogens is 2. The number of sulfone groups is 1. The number of benzene rings is 3. The molecule has 2 N–H and O–H groups in total. The molecular weight excluding hydrogens is 777 g/mol. The largest absolute Gasteiger partial charge is 0.494 e. The fraction of sp³-hybridized carbons (Fsp3) is 0.302. The molecule has 0 bridgehead atoms. The van der Waals surface area contributed by atoms with Crippen LogP contribution < -0.4 is 20.3 Å². The van der Waals surface area contributed by atoms with Crippen molar-refractivity contribution in [3.8, 4) is 28.4 Å². The third-order valence-electron chi connectivity index (χ3n) is 11.0. The highest BCUT2D eigenvalue weighted by molar-refractivity contribution is 7.90. The Kier molecular flexibility index (Phi) is 11.5. The number of pyridine rings is 1. The molecule has 5 heterocycles. The lowest BCUT2D eigenvalue weighted by molar-refractivity contribution is 0.102. The topological polar surface area (TPSA) is 137 Å². The zero-order valence-corrected chi connectivity index (χ0v) is 33.6. The number of nitrogens with zero attached hydrogens (tertiary/aromatic N) is 7. The molecule has 0 radical (unpaired) electrons. The Balaban J connectivity index is 0.972. The molecule has 6 aromatic rings. The number of piperidine rings is 1. The van der Waals surface area contributed by atoms with Crippen LogP contribution >= 0.6 is 0 Å². The third kappa shape index (κ3) is 9.04. The van der Waals surface area contributed by atoms with Crippen molar-refractivity contribution in [2.24, 2.45) is 0 Å². The van der Waals surface area contributed by atoms with E-state index in [1.807, 2.05) is 47.0 Å². The molecule has 8 rings (SSSR count). The first kappa shape index (κ1) is 39.8. The number of fused-ring (bicyclic) bond motifs is 1. The quantitative estimate of drug-likeness (QED) is 0.143. The minimum atomic E-state index is -2.96. The van der Waals surface area contributed by atoms with Crippen LogP contribution in [0.4, 0.5) is 31.8 Å². The van der Waals surface area contributed by atoms with E-state index in [9.17, 15) is 22.0 Å². The zero-order valence-electron chi connectivity index (χ0n) is 32.8. The zero-order chi connectivity index (χ0) is 41.1. The number of amides is 1. The Morgan fingerprint density at radius 2 is 1.64 bits per heavy atom. The highest BCUT2D eigenvalue weighted by Crippen LogP contribution is 2.35. The maximum absolute atomic E-state index is 14.3. The number of aromatic nitrogens is 4. The first-order valence-electron chi connectivity index (χ1n) is 19.5. The second kappa shape index (κ2) is 17.1. The van der Waals surface area contributed by atoms with Crippen molar-refractivity contribution in [3.05, 3.63) is 115 Å². The molecule has 16 heteroatoms. The van der Waals surface area contributed by atoms with Gasteiger partial charge in [-0.1, -0.05) is 24.3 Å². The van der Waals surface area contributed by atoms with Gasteiger partial charge in [0.05, 0.1) is 35.6 Å². The second-order valence-electron chi connectivity index (χ2n) is 14.9. The number of hydrogen-bond acceptors (Lipinski definition) is 11. The lowest BCUT2D eigenvalue weighted by Crippen LogP contribution is -2.53. The van der Waals surface area contributed by atoms with Crippen LogP contribution in [0.25, 0.3) is 28.3 Å². The molecule has 3 aromatic heterocycles. The van der Waals surface area contributed by atoms with Gasteiger partial charge in [0.2, 0.25) is 5.95 Å². The number of imidazole rings is 1. The Labute approximate surface area is 341 Å². The number of carbonyl (C=O) groups excluding carboxylic acids is 1. The molecule has 3 aromatic carbocycles. The lowest BCUT2D eigenvalue weighted by Gasteiger charge is -2.43. The predicted molar refractivity (Wildman–Crippen MR) is 225 cm³/mol. The summed E-state index contributed by atoms with van der Waals surface area (Å²) in [6.45, 7) is 6.13. The van der Waals surface area contributed by atoms with Gasteiger partial charge < -0.3 is 25.2 Å².